The molecule has 1 atom stereocenters. The molecule has 2 heterocycles. The van der Waals surface area contributed by atoms with Crippen molar-refractivity contribution in [2.75, 3.05) is 0 Å². The third kappa shape index (κ3) is 2.07. The van der Waals surface area contributed by atoms with Crippen LogP contribution < -0.4 is 0 Å². The molecule has 2 aromatic heterocycles. The van der Waals surface area contributed by atoms with Crippen molar-refractivity contribution in [2.24, 2.45) is 5.41 Å². The lowest BCUT2D eigenvalue weighted by Gasteiger charge is -2.37. The number of nitrogens with one attached hydrogen (secondary N) is 1. The molecule has 1 fully saturated rings. The number of rotatable bonds is 1. The van der Waals surface area contributed by atoms with Crippen molar-refractivity contribution in [3.05, 3.63) is 22.6 Å². The van der Waals surface area contributed by atoms with Crippen LogP contribution in [0.2, 0.25) is 0 Å². The Kier molecular flexibility index (Phi) is 2.93. The number of hydrogen-bond donors (Lipinski definition) is 1. The summed E-state index contributed by atoms with van der Waals surface area (Å²) in [6.45, 7) is 4.71. The predicted octanol–water partition coefficient (Wildman–Crippen LogP) is 4.40. The third-order valence-corrected chi connectivity index (χ3v) is 4.59. The van der Waals surface area contributed by atoms with E-state index in [2.05, 4.69) is 50.8 Å². The summed E-state index contributed by atoms with van der Waals surface area (Å²) in [7, 11) is 0. The molecule has 4 heteroatoms. The zero-order chi connectivity index (χ0) is 12.8. The van der Waals surface area contributed by atoms with Gasteiger partial charge in [0.2, 0.25) is 0 Å². The summed E-state index contributed by atoms with van der Waals surface area (Å²) in [4.78, 5) is 12.5. The number of aromatic amines is 1. The molecule has 0 spiro atoms. The number of fused-ring (bicyclic) bond motifs is 1. The van der Waals surface area contributed by atoms with E-state index in [9.17, 15) is 0 Å². The third-order valence-electron chi connectivity index (χ3n) is 4.16. The predicted molar refractivity (Wildman–Crippen MR) is 76.6 cm³/mol. The largest absolute Gasteiger partial charge is 0.340 e. The summed E-state index contributed by atoms with van der Waals surface area (Å²) in [6.07, 6.45) is 6.97. The van der Waals surface area contributed by atoms with Crippen molar-refractivity contribution in [1.29, 1.82) is 0 Å². The SMILES string of the molecule is CC1(C)CCCCC1c1nc2ncc(Br)cc2[nH]1. The van der Waals surface area contributed by atoms with Gasteiger partial charge in [-0.15, -0.1) is 0 Å². The first-order chi connectivity index (χ1) is 8.56. The Morgan fingerprint density at radius 3 is 3.00 bits per heavy atom. The van der Waals surface area contributed by atoms with Crippen LogP contribution in [0.3, 0.4) is 0 Å². The Morgan fingerprint density at radius 1 is 1.39 bits per heavy atom. The normalized spacial score (nSPS) is 23.4. The van der Waals surface area contributed by atoms with Crippen molar-refractivity contribution in [2.45, 2.75) is 45.4 Å². The van der Waals surface area contributed by atoms with E-state index in [1.165, 1.54) is 25.7 Å². The van der Waals surface area contributed by atoms with Crippen molar-refractivity contribution in [3.63, 3.8) is 0 Å². The molecule has 0 aromatic carbocycles. The van der Waals surface area contributed by atoms with E-state index in [1.807, 2.05) is 0 Å². The van der Waals surface area contributed by atoms with Crippen LogP contribution in [0.4, 0.5) is 0 Å². The molecule has 3 nitrogen and oxygen atoms in total. The first-order valence-electron chi connectivity index (χ1n) is 6.57. The van der Waals surface area contributed by atoms with Gasteiger partial charge in [0.25, 0.3) is 0 Å². The van der Waals surface area contributed by atoms with Gasteiger partial charge in [0.05, 0.1) is 5.52 Å². The highest BCUT2D eigenvalue weighted by Gasteiger charge is 2.35. The van der Waals surface area contributed by atoms with E-state index in [4.69, 9.17) is 0 Å². The Hall–Kier alpha value is -0.900. The second-order valence-electron chi connectivity index (χ2n) is 5.93. The first-order valence-corrected chi connectivity index (χ1v) is 7.37. The van der Waals surface area contributed by atoms with Crippen LogP contribution in [0.15, 0.2) is 16.7 Å². The van der Waals surface area contributed by atoms with Gasteiger partial charge in [-0.25, -0.2) is 9.97 Å². The molecule has 1 aliphatic carbocycles. The monoisotopic (exact) mass is 307 g/mol. The summed E-state index contributed by atoms with van der Waals surface area (Å²) < 4.78 is 0.994. The topological polar surface area (TPSA) is 41.6 Å². The number of imidazole rings is 1. The lowest BCUT2D eigenvalue weighted by molar-refractivity contribution is 0.193. The van der Waals surface area contributed by atoms with E-state index in [0.29, 0.717) is 11.3 Å². The molecule has 1 saturated carbocycles. The van der Waals surface area contributed by atoms with Gasteiger partial charge in [-0.1, -0.05) is 26.7 Å². The maximum Gasteiger partial charge on any atom is 0.177 e. The van der Waals surface area contributed by atoms with Crippen LogP contribution in [0.25, 0.3) is 11.2 Å². The molecule has 0 radical (unpaired) electrons. The highest BCUT2D eigenvalue weighted by atomic mass is 79.9. The van der Waals surface area contributed by atoms with Gasteiger partial charge in [0.15, 0.2) is 5.65 Å². The standard InChI is InChI=1S/C14H18BrN3/c1-14(2)6-4-3-5-10(14)12-17-11-7-9(15)8-16-13(11)18-12/h7-8,10H,3-6H2,1-2H3,(H,16,17,18). The van der Waals surface area contributed by atoms with Crippen LogP contribution in [-0.4, -0.2) is 15.0 Å². The average Bonchev–Trinajstić information content (AvgIpc) is 2.70. The minimum absolute atomic E-state index is 0.337. The van der Waals surface area contributed by atoms with Gasteiger partial charge < -0.3 is 4.98 Å². The van der Waals surface area contributed by atoms with E-state index >= 15 is 0 Å². The zero-order valence-electron chi connectivity index (χ0n) is 10.8. The van der Waals surface area contributed by atoms with E-state index in [-0.39, 0.29) is 0 Å². The molecule has 0 aliphatic heterocycles. The fourth-order valence-electron chi connectivity index (χ4n) is 3.06. The number of aromatic nitrogens is 3. The Morgan fingerprint density at radius 2 is 2.22 bits per heavy atom. The molecule has 18 heavy (non-hydrogen) atoms. The van der Waals surface area contributed by atoms with Crippen molar-refractivity contribution in [3.8, 4) is 0 Å². The molecule has 1 aliphatic rings. The minimum atomic E-state index is 0.337. The van der Waals surface area contributed by atoms with Crippen LogP contribution >= 0.6 is 15.9 Å². The van der Waals surface area contributed by atoms with Crippen molar-refractivity contribution in [1.82, 2.24) is 15.0 Å². The second kappa shape index (κ2) is 4.34. The van der Waals surface area contributed by atoms with Gasteiger partial charge in [0.1, 0.15) is 5.82 Å². The molecular weight excluding hydrogens is 290 g/mol. The Labute approximate surface area is 116 Å². The van der Waals surface area contributed by atoms with Crippen molar-refractivity contribution >= 4 is 27.1 Å². The fourth-order valence-corrected chi connectivity index (χ4v) is 3.39. The zero-order valence-corrected chi connectivity index (χ0v) is 12.4. The number of halogens is 1. The van der Waals surface area contributed by atoms with Gasteiger partial charge in [-0.3, -0.25) is 0 Å². The summed E-state index contributed by atoms with van der Waals surface area (Å²) in [5.41, 5.74) is 2.19. The molecule has 2 aromatic rings. The smallest absolute Gasteiger partial charge is 0.177 e. The number of hydrogen-bond acceptors (Lipinski definition) is 2. The average molecular weight is 308 g/mol. The van der Waals surface area contributed by atoms with Crippen LogP contribution in [0.5, 0.6) is 0 Å². The molecule has 0 bridgehead atoms. The summed E-state index contributed by atoms with van der Waals surface area (Å²) >= 11 is 3.45. The number of pyridine rings is 1. The molecule has 96 valence electrons. The quantitative estimate of drug-likeness (QED) is 0.848. The molecule has 1 unspecified atom stereocenters. The van der Waals surface area contributed by atoms with E-state index in [1.54, 1.807) is 6.20 Å². The highest BCUT2D eigenvalue weighted by molar-refractivity contribution is 9.10. The van der Waals surface area contributed by atoms with Gasteiger partial charge in [-0.05, 0) is 40.3 Å². The summed E-state index contributed by atoms with van der Waals surface area (Å²) in [5, 5.41) is 0. The van der Waals surface area contributed by atoms with Crippen LogP contribution in [-0.2, 0) is 0 Å². The molecule has 0 saturated heterocycles. The molecule has 3 rings (SSSR count). The highest BCUT2D eigenvalue weighted by Crippen LogP contribution is 2.45. The van der Waals surface area contributed by atoms with Crippen LogP contribution in [0, 0.1) is 5.41 Å². The second-order valence-corrected chi connectivity index (χ2v) is 6.85. The Balaban J connectivity index is 2.03. The Bertz CT molecular complexity index is 573. The lowest BCUT2D eigenvalue weighted by Crippen LogP contribution is -2.26. The lowest BCUT2D eigenvalue weighted by atomic mass is 9.68. The number of nitrogens with zero attached hydrogens (tertiary/aromatic N) is 2. The molecule has 1 N–H and O–H groups in total. The summed E-state index contributed by atoms with van der Waals surface area (Å²) in [6, 6.07) is 2.05. The molecule has 0 amide bonds. The maximum atomic E-state index is 4.69. The van der Waals surface area contributed by atoms with Gasteiger partial charge >= 0.3 is 0 Å². The molecular formula is C14H18BrN3. The maximum absolute atomic E-state index is 4.69. The fraction of sp³-hybridized carbons (Fsp3) is 0.571. The number of H-pyrrole nitrogens is 1. The van der Waals surface area contributed by atoms with Crippen molar-refractivity contribution < 1.29 is 0 Å². The van der Waals surface area contributed by atoms with Gasteiger partial charge in [-0.2, -0.15) is 0 Å². The minimum Gasteiger partial charge on any atom is -0.340 e. The van der Waals surface area contributed by atoms with E-state index in [0.717, 1.165) is 21.5 Å². The van der Waals surface area contributed by atoms with E-state index < -0.39 is 0 Å². The first kappa shape index (κ1) is 12.2. The van der Waals surface area contributed by atoms with Gasteiger partial charge in [0, 0.05) is 16.6 Å². The van der Waals surface area contributed by atoms with Crippen LogP contribution in [0.1, 0.15) is 51.3 Å². The summed E-state index contributed by atoms with van der Waals surface area (Å²) in [5.74, 6) is 1.64.